The first kappa shape index (κ1) is 27.7. The molecule has 0 saturated heterocycles. The van der Waals surface area contributed by atoms with Gasteiger partial charge in [-0.25, -0.2) is 5.43 Å². The van der Waals surface area contributed by atoms with Gasteiger partial charge in [0.2, 0.25) is 5.75 Å². The Bertz CT molecular complexity index is 1690. The van der Waals surface area contributed by atoms with E-state index in [1.807, 2.05) is 78.2 Å². The topological polar surface area (TPSA) is 99.9 Å². The number of rotatable bonds is 10. The molecule has 0 saturated carbocycles. The molecule has 0 aliphatic rings. The number of fused-ring (bicyclic) bond motifs is 1. The van der Waals surface area contributed by atoms with Crippen LogP contribution < -0.4 is 19.6 Å². The third-order valence-electron chi connectivity index (χ3n) is 6.42. The summed E-state index contributed by atoms with van der Waals surface area (Å²) in [5, 5.41) is 16.0. The summed E-state index contributed by atoms with van der Waals surface area (Å²) < 4.78 is 18.4. The summed E-state index contributed by atoms with van der Waals surface area (Å²) in [6, 6.07) is 27.5. The molecular weight excluding hydrogens is 538 g/mol. The largest absolute Gasteiger partial charge is 0.493 e. The number of methoxy groups -OCH3 is 3. The Balaban J connectivity index is 1.38. The van der Waals surface area contributed by atoms with Crippen molar-refractivity contribution in [2.45, 2.75) is 12.1 Å². The molecule has 1 amide bonds. The van der Waals surface area contributed by atoms with Crippen molar-refractivity contribution in [2.24, 2.45) is 5.10 Å². The number of amides is 1. The first-order valence-corrected chi connectivity index (χ1v) is 13.8. The molecule has 5 rings (SSSR count). The Morgan fingerprint density at radius 3 is 2.22 bits per heavy atom. The fraction of sp³-hybridized carbons (Fsp3) is 0.161. The second-order valence-electron chi connectivity index (χ2n) is 8.97. The average molecular weight is 568 g/mol. The molecule has 0 aliphatic carbocycles. The summed E-state index contributed by atoms with van der Waals surface area (Å²) in [6.07, 6.45) is 0. The van der Waals surface area contributed by atoms with Crippen molar-refractivity contribution in [3.05, 3.63) is 90.5 Å². The predicted octanol–water partition coefficient (Wildman–Crippen LogP) is 5.75. The smallest absolute Gasteiger partial charge is 0.250 e. The zero-order valence-electron chi connectivity index (χ0n) is 23.1. The van der Waals surface area contributed by atoms with Crippen LogP contribution in [0.25, 0.3) is 27.8 Å². The molecule has 0 bridgehead atoms. The SMILES string of the molecule is COc1cc(-c2nnc(SCC(=O)N/N=C(/C)c3ccc4ccccc4c3)n2-c2ccccc2)cc(OC)c1OC. The van der Waals surface area contributed by atoms with E-state index in [1.165, 1.54) is 11.8 Å². The maximum atomic E-state index is 12.8. The first-order chi connectivity index (χ1) is 20.0. The first-order valence-electron chi connectivity index (χ1n) is 12.8. The van der Waals surface area contributed by atoms with Gasteiger partial charge in [0.05, 0.1) is 32.8 Å². The zero-order valence-corrected chi connectivity index (χ0v) is 23.9. The summed E-state index contributed by atoms with van der Waals surface area (Å²) in [7, 11) is 4.68. The summed E-state index contributed by atoms with van der Waals surface area (Å²) in [5.74, 6) is 1.87. The highest BCUT2D eigenvalue weighted by Crippen LogP contribution is 2.41. The van der Waals surface area contributed by atoms with Gasteiger partial charge in [-0.1, -0.05) is 66.4 Å². The molecule has 0 aliphatic heterocycles. The van der Waals surface area contributed by atoms with Crippen LogP contribution in [0.15, 0.2) is 95.2 Å². The van der Waals surface area contributed by atoms with Gasteiger partial charge in [-0.05, 0) is 53.6 Å². The highest BCUT2D eigenvalue weighted by molar-refractivity contribution is 7.99. The van der Waals surface area contributed by atoms with Gasteiger partial charge in [0.25, 0.3) is 5.91 Å². The average Bonchev–Trinajstić information content (AvgIpc) is 3.46. The number of benzene rings is 4. The number of nitrogens with one attached hydrogen (secondary N) is 1. The van der Waals surface area contributed by atoms with Gasteiger partial charge in [0, 0.05) is 11.3 Å². The standard InChI is InChI=1S/C31H29N5O4S/c1-20(22-15-14-21-10-8-9-11-23(21)16-22)32-33-28(37)19-41-31-35-34-30(36(31)25-12-6-5-7-13-25)24-17-26(38-2)29(40-4)27(18-24)39-3/h5-18H,19H2,1-4H3,(H,33,37)/b32-20-. The summed E-state index contributed by atoms with van der Waals surface area (Å²) in [4.78, 5) is 12.8. The Morgan fingerprint density at radius 2 is 1.54 bits per heavy atom. The van der Waals surface area contributed by atoms with E-state index in [0.29, 0.717) is 39.5 Å². The number of thioether (sulfide) groups is 1. The molecule has 9 nitrogen and oxygen atoms in total. The van der Waals surface area contributed by atoms with E-state index in [0.717, 1.165) is 22.0 Å². The maximum Gasteiger partial charge on any atom is 0.250 e. The van der Waals surface area contributed by atoms with E-state index < -0.39 is 0 Å². The lowest BCUT2D eigenvalue weighted by Gasteiger charge is -2.15. The lowest BCUT2D eigenvalue weighted by atomic mass is 10.0. The van der Waals surface area contributed by atoms with Crippen molar-refractivity contribution in [3.8, 4) is 34.3 Å². The van der Waals surface area contributed by atoms with Crippen LogP contribution >= 0.6 is 11.8 Å². The molecule has 0 fully saturated rings. The van der Waals surface area contributed by atoms with Crippen LogP contribution in [-0.2, 0) is 4.79 Å². The lowest BCUT2D eigenvalue weighted by molar-refractivity contribution is -0.118. The minimum absolute atomic E-state index is 0.0920. The summed E-state index contributed by atoms with van der Waals surface area (Å²) in [5.41, 5.74) is 5.87. The molecule has 1 N–H and O–H groups in total. The number of hydrazone groups is 1. The van der Waals surface area contributed by atoms with Gasteiger partial charge < -0.3 is 14.2 Å². The van der Waals surface area contributed by atoms with E-state index in [2.05, 4.69) is 38.9 Å². The Kier molecular flexibility index (Phi) is 8.50. The summed E-state index contributed by atoms with van der Waals surface area (Å²) >= 11 is 1.26. The quantitative estimate of drug-likeness (QED) is 0.130. The van der Waals surface area contributed by atoms with E-state index >= 15 is 0 Å². The maximum absolute atomic E-state index is 12.8. The predicted molar refractivity (Wildman–Crippen MR) is 161 cm³/mol. The van der Waals surface area contributed by atoms with Crippen molar-refractivity contribution in [1.29, 1.82) is 0 Å². The number of hydrogen-bond donors (Lipinski definition) is 1. The fourth-order valence-corrected chi connectivity index (χ4v) is 5.10. The number of carbonyl (C=O) groups is 1. The van der Waals surface area contributed by atoms with Gasteiger partial charge in [-0.2, -0.15) is 5.10 Å². The molecule has 0 radical (unpaired) electrons. The van der Waals surface area contributed by atoms with Crippen molar-refractivity contribution < 1.29 is 19.0 Å². The van der Waals surface area contributed by atoms with Crippen LogP contribution in [0.3, 0.4) is 0 Å². The van der Waals surface area contributed by atoms with E-state index in [-0.39, 0.29) is 11.7 Å². The molecule has 4 aromatic carbocycles. The molecule has 208 valence electrons. The highest BCUT2D eigenvalue weighted by Gasteiger charge is 2.21. The number of nitrogens with zero attached hydrogens (tertiary/aromatic N) is 4. The van der Waals surface area contributed by atoms with Crippen molar-refractivity contribution in [3.63, 3.8) is 0 Å². The van der Waals surface area contributed by atoms with Crippen LogP contribution in [0.1, 0.15) is 12.5 Å². The Hall–Kier alpha value is -4.83. The van der Waals surface area contributed by atoms with Gasteiger partial charge >= 0.3 is 0 Å². The number of ether oxygens (including phenoxy) is 3. The normalized spacial score (nSPS) is 11.4. The van der Waals surface area contributed by atoms with E-state index in [9.17, 15) is 4.79 Å². The van der Waals surface area contributed by atoms with Crippen molar-refractivity contribution >= 4 is 34.2 Å². The van der Waals surface area contributed by atoms with Crippen LogP contribution in [0.5, 0.6) is 17.2 Å². The van der Waals surface area contributed by atoms with Gasteiger partial charge in [0.15, 0.2) is 22.5 Å². The van der Waals surface area contributed by atoms with Gasteiger partial charge in [-0.3, -0.25) is 9.36 Å². The summed E-state index contributed by atoms with van der Waals surface area (Å²) in [6.45, 7) is 1.87. The van der Waals surface area contributed by atoms with E-state index in [1.54, 1.807) is 21.3 Å². The highest BCUT2D eigenvalue weighted by atomic mass is 32.2. The molecular formula is C31H29N5O4S. The molecule has 1 heterocycles. The molecule has 0 atom stereocenters. The minimum atomic E-state index is -0.257. The lowest BCUT2D eigenvalue weighted by Crippen LogP contribution is -2.21. The van der Waals surface area contributed by atoms with Crippen LogP contribution in [0.4, 0.5) is 0 Å². The third kappa shape index (κ3) is 6.02. The second kappa shape index (κ2) is 12.6. The monoisotopic (exact) mass is 567 g/mol. The Labute approximate surface area is 242 Å². The molecule has 1 aromatic heterocycles. The number of carbonyl (C=O) groups excluding carboxylic acids is 1. The van der Waals surface area contributed by atoms with Gasteiger partial charge in [-0.15, -0.1) is 10.2 Å². The third-order valence-corrected chi connectivity index (χ3v) is 7.35. The van der Waals surface area contributed by atoms with Crippen LogP contribution in [-0.4, -0.2) is 53.5 Å². The van der Waals surface area contributed by atoms with Crippen LogP contribution in [0, 0.1) is 0 Å². The number of hydrogen-bond acceptors (Lipinski definition) is 8. The molecule has 41 heavy (non-hydrogen) atoms. The fourth-order valence-electron chi connectivity index (χ4n) is 4.36. The molecule has 10 heteroatoms. The molecule has 5 aromatic rings. The number of para-hydroxylation sites is 1. The molecule has 0 spiro atoms. The van der Waals surface area contributed by atoms with Crippen molar-refractivity contribution in [2.75, 3.05) is 27.1 Å². The molecule has 0 unspecified atom stereocenters. The zero-order chi connectivity index (χ0) is 28.8. The number of aromatic nitrogens is 3. The van der Waals surface area contributed by atoms with Crippen LogP contribution in [0.2, 0.25) is 0 Å². The second-order valence-corrected chi connectivity index (χ2v) is 9.92. The Morgan fingerprint density at radius 1 is 0.854 bits per heavy atom. The van der Waals surface area contributed by atoms with Crippen molar-refractivity contribution in [1.82, 2.24) is 20.2 Å². The van der Waals surface area contributed by atoms with Gasteiger partial charge in [0.1, 0.15) is 0 Å². The van der Waals surface area contributed by atoms with E-state index in [4.69, 9.17) is 14.2 Å². The minimum Gasteiger partial charge on any atom is -0.493 e.